The van der Waals surface area contributed by atoms with Crippen LogP contribution in [0, 0.1) is 5.41 Å². The van der Waals surface area contributed by atoms with Crippen LogP contribution in [0.5, 0.6) is 0 Å². The highest BCUT2D eigenvalue weighted by Gasteiger charge is 2.14. The zero-order chi connectivity index (χ0) is 11.3. The molecule has 0 aliphatic rings. The molecule has 1 heterocycles. The van der Waals surface area contributed by atoms with E-state index in [1.807, 2.05) is 0 Å². The Kier molecular flexibility index (Phi) is 4.78. The molecule has 0 aliphatic carbocycles. The quantitative estimate of drug-likeness (QED) is 0.576. The van der Waals surface area contributed by atoms with Crippen molar-refractivity contribution in [2.75, 3.05) is 7.05 Å². The van der Waals surface area contributed by atoms with Gasteiger partial charge in [-0.1, -0.05) is 13.0 Å². The molecule has 1 rings (SSSR count). The van der Waals surface area contributed by atoms with Gasteiger partial charge in [0.05, 0.1) is 5.84 Å². The molecule has 1 atom stereocenters. The van der Waals surface area contributed by atoms with Crippen molar-refractivity contribution >= 4 is 17.2 Å². The summed E-state index contributed by atoms with van der Waals surface area (Å²) in [4.78, 5) is 3.63. The summed E-state index contributed by atoms with van der Waals surface area (Å²) in [5.74, 6) is 0.278. The van der Waals surface area contributed by atoms with Crippen LogP contribution in [0.1, 0.15) is 24.6 Å². The lowest BCUT2D eigenvalue weighted by molar-refractivity contribution is 0.234. The fourth-order valence-corrected chi connectivity index (χ4v) is 2.41. The van der Waals surface area contributed by atoms with Crippen molar-refractivity contribution in [3.63, 3.8) is 0 Å². The summed E-state index contributed by atoms with van der Waals surface area (Å²) in [5, 5.41) is 9.42. The van der Waals surface area contributed by atoms with E-state index in [9.17, 15) is 0 Å². The third kappa shape index (κ3) is 4.01. The minimum Gasteiger partial charge on any atom is -0.388 e. The molecule has 1 unspecified atom stereocenters. The van der Waals surface area contributed by atoms with Crippen molar-refractivity contribution in [3.05, 3.63) is 22.4 Å². The van der Waals surface area contributed by atoms with Crippen LogP contribution >= 0.6 is 11.3 Å². The van der Waals surface area contributed by atoms with Crippen LogP contribution < -0.4 is 5.73 Å². The Morgan fingerprint density at radius 1 is 1.67 bits per heavy atom. The third-order valence-electron chi connectivity index (χ3n) is 2.54. The lowest BCUT2D eigenvalue weighted by atomic mass is 10.1. The van der Waals surface area contributed by atoms with E-state index in [1.165, 1.54) is 4.88 Å². The van der Waals surface area contributed by atoms with Gasteiger partial charge in [0.25, 0.3) is 0 Å². The van der Waals surface area contributed by atoms with Gasteiger partial charge < -0.3 is 5.73 Å². The monoisotopic (exact) mass is 225 g/mol. The van der Waals surface area contributed by atoms with Crippen molar-refractivity contribution in [3.8, 4) is 0 Å². The maximum atomic E-state index is 7.32. The van der Waals surface area contributed by atoms with Gasteiger partial charge in [-0.25, -0.2) is 0 Å². The average molecular weight is 225 g/mol. The van der Waals surface area contributed by atoms with E-state index >= 15 is 0 Å². The number of thiophene rings is 1. The van der Waals surface area contributed by atoms with Crippen LogP contribution in [0.2, 0.25) is 0 Å². The molecule has 0 radical (unpaired) electrons. The Bertz CT molecular complexity index is 295. The summed E-state index contributed by atoms with van der Waals surface area (Å²) < 4.78 is 0. The zero-order valence-corrected chi connectivity index (χ0v) is 10.2. The van der Waals surface area contributed by atoms with Crippen molar-refractivity contribution < 1.29 is 0 Å². The molecule has 0 fully saturated rings. The van der Waals surface area contributed by atoms with Gasteiger partial charge >= 0.3 is 0 Å². The van der Waals surface area contributed by atoms with Gasteiger partial charge in [0, 0.05) is 23.9 Å². The van der Waals surface area contributed by atoms with E-state index in [-0.39, 0.29) is 5.84 Å². The molecule has 0 amide bonds. The molecule has 0 aliphatic heterocycles. The highest BCUT2D eigenvalue weighted by Crippen LogP contribution is 2.15. The highest BCUT2D eigenvalue weighted by atomic mass is 32.1. The maximum Gasteiger partial charge on any atom is 0.0921 e. The lowest BCUT2D eigenvalue weighted by Crippen LogP contribution is -2.34. The van der Waals surface area contributed by atoms with Crippen LogP contribution in [0.3, 0.4) is 0 Å². The minimum absolute atomic E-state index is 0.278. The number of rotatable bonds is 6. The number of hydrogen-bond donors (Lipinski definition) is 2. The number of hydrogen-bond acceptors (Lipinski definition) is 3. The lowest BCUT2D eigenvalue weighted by Gasteiger charge is -2.26. The van der Waals surface area contributed by atoms with Crippen LogP contribution in [0.4, 0.5) is 0 Å². The summed E-state index contributed by atoms with van der Waals surface area (Å²) in [6.45, 7) is 3.09. The Hall–Kier alpha value is -0.870. The largest absolute Gasteiger partial charge is 0.388 e. The first-order chi connectivity index (χ1) is 7.13. The normalized spacial score (nSPS) is 13.0. The van der Waals surface area contributed by atoms with Crippen LogP contribution in [-0.2, 0) is 6.54 Å². The summed E-state index contributed by atoms with van der Waals surface area (Å²) in [7, 11) is 2.09. The molecule has 3 N–H and O–H groups in total. The van der Waals surface area contributed by atoms with Gasteiger partial charge in [-0.2, -0.15) is 0 Å². The predicted molar refractivity (Wildman–Crippen MR) is 66.4 cm³/mol. The van der Waals surface area contributed by atoms with E-state index in [2.05, 4.69) is 36.4 Å². The van der Waals surface area contributed by atoms with Gasteiger partial charge in [0.15, 0.2) is 0 Å². The molecular formula is C11H19N3S. The van der Waals surface area contributed by atoms with Gasteiger partial charge in [0.1, 0.15) is 0 Å². The summed E-state index contributed by atoms with van der Waals surface area (Å²) in [5.41, 5.74) is 5.44. The standard InChI is InChI=1S/C11H19N3S/c1-3-9(7-11(12)13)14(2)8-10-5-4-6-15-10/h4-6,9H,3,7-8H2,1-2H3,(H3,12,13). The summed E-state index contributed by atoms with van der Waals surface area (Å²) in [6, 6.07) is 4.59. The fraction of sp³-hybridized carbons (Fsp3) is 0.545. The van der Waals surface area contributed by atoms with E-state index in [0.29, 0.717) is 12.5 Å². The van der Waals surface area contributed by atoms with Crippen molar-refractivity contribution in [1.29, 1.82) is 5.41 Å². The Balaban J connectivity index is 2.49. The van der Waals surface area contributed by atoms with Gasteiger partial charge in [-0.15, -0.1) is 11.3 Å². The smallest absolute Gasteiger partial charge is 0.0921 e. The molecular weight excluding hydrogens is 206 g/mol. The first-order valence-corrected chi connectivity index (χ1v) is 6.07. The Morgan fingerprint density at radius 3 is 2.87 bits per heavy atom. The molecule has 0 spiro atoms. The Morgan fingerprint density at radius 2 is 2.40 bits per heavy atom. The number of nitrogens with zero attached hydrogens (tertiary/aromatic N) is 1. The van der Waals surface area contributed by atoms with Gasteiger partial charge in [-0.3, -0.25) is 10.3 Å². The number of nitrogens with one attached hydrogen (secondary N) is 1. The number of nitrogens with two attached hydrogens (primary N) is 1. The molecule has 0 aromatic carbocycles. The highest BCUT2D eigenvalue weighted by molar-refractivity contribution is 7.09. The second kappa shape index (κ2) is 5.88. The van der Waals surface area contributed by atoms with Gasteiger partial charge in [0.2, 0.25) is 0 Å². The average Bonchev–Trinajstić information content (AvgIpc) is 2.66. The molecule has 4 heteroatoms. The molecule has 1 aromatic rings. The predicted octanol–water partition coefficient (Wildman–Crippen LogP) is 2.28. The first kappa shape index (κ1) is 12.2. The second-order valence-corrected chi connectivity index (χ2v) is 4.82. The summed E-state index contributed by atoms with van der Waals surface area (Å²) in [6.07, 6.45) is 1.69. The molecule has 0 saturated carbocycles. The van der Waals surface area contributed by atoms with Crippen molar-refractivity contribution in [2.24, 2.45) is 5.73 Å². The molecule has 3 nitrogen and oxygen atoms in total. The maximum absolute atomic E-state index is 7.32. The van der Waals surface area contributed by atoms with E-state index in [0.717, 1.165) is 13.0 Å². The fourth-order valence-electron chi connectivity index (χ4n) is 1.64. The van der Waals surface area contributed by atoms with Crippen LogP contribution in [0.15, 0.2) is 17.5 Å². The molecule has 0 bridgehead atoms. The van der Waals surface area contributed by atoms with Crippen LogP contribution in [-0.4, -0.2) is 23.8 Å². The molecule has 15 heavy (non-hydrogen) atoms. The Labute approximate surface area is 95.4 Å². The van der Waals surface area contributed by atoms with Crippen LogP contribution in [0.25, 0.3) is 0 Å². The summed E-state index contributed by atoms with van der Waals surface area (Å²) >= 11 is 1.77. The molecule has 0 saturated heterocycles. The van der Waals surface area contributed by atoms with Gasteiger partial charge in [-0.05, 0) is 24.9 Å². The first-order valence-electron chi connectivity index (χ1n) is 5.19. The topological polar surface area (TPSA) is 53.1 Å². The minimum atomic E-state index is 0.278. The van der Waals surface area contributed by atoms with E-state index in [4.69, 9.17) is 11.1 Å². The zero-order valence-electron chi connectivity index (χ0n) is 9.36. The van der Waals surface area contributed by atoms with E-state index < -0.39 is 0 Å². The van der Waals surface area contributed by atoms with Crippen molar-refractivity contribution in [2.45, 2.75) is 32.4 Å². The molecule has 1 aromatic heterocycles. The third-order valence-corrected chi connectivity index (χ3v) is 3.40. The SMILES string of the molecule is CCC(CC(=N)N)N(C)Cc1cccs1. The van der Waals surface area contributed by atoms with Crippen molar-refractivity contribution in [1.82, 2.24) is 4.90 Å². The second-order valence-electron chi connectivity index (χ2n) is 3.79. The molecule has 84 valence electrons. The number of amidine groups is 1. The van der Waals surface area contributed by atoms with E-state index in [1.54, 1.807) is 11.3 Å².